The van der Waals surface area contributed by atoms with Gasteiger partial charge in [0.1, 0.15) is 11.9 Å². The van der Waals surface area contributed by atoms with Gasteiger partial charge in [0.25, 0.3) is 5.91 Å². The number of pyridine rings is 1. The molecule has 124 valence electrons. The van der Waals surface area contributed by atoms with Crippen LogP contribution in [0.4, 0.5) is 0 Å². The Balaban J connectivity index is 1.33. The lowest BCUT2D eigenvalue weighted by atomic mass is 9.92. The maximum Gasteiger partial charge on any atom is 0.253 e. The molecular weight excluding hydrogens is 320 g/mol. The van der Waals surface area contributed by atoms with Crippen molar-refractivity contribution >= 4 is 17.7 Å². The quantitative estimate of drug-likeness (QED) is 0.861. The number of aryl methyl sites for hydroxylation is 1. The molecule has 0 radical (unpaired) electrons. The van der Waals surface area contributed by atoms with Gasteiger partial charge in [0.15, 0.2) is 0 Å². The van der Waals surface area contributed by atoms with Gasteiger partial charge >= 0.3 is 0 Å². The van der Waals surface area contributed by atoms with Crippen molar-refractivity contribution in [2.45, 2.75) is 24.2 Å². The van der Waals surface area contributed by atoms with Gasteiger partial charge in [0, 0.05) is 37.0 Å². The van der Waals surface area contributed by atoms with Crippen molar-refractivity contribution in [3.8, 4) is 5.75 Å². The topological polar surface area (TPSA) is 42.4 Å². The van der Waals surface area contributed by atoms with Crippen molar-refractivity contribution in [1.29, 1.82) is 0 Å². The molecule has 4 rings (SSSR count). The van der Waals surface area contributed by atoms with E-state index < -0.39 is 0 Å². The molecule has 1 aromatic carbocycles. The second-order valence-electron chi connectivity index (χ2n) is 6.65. The largest absolute Gasteiger partial charge is 0.488 e. The van der Waals surface area contributed by atoms with Crippen LogP contribution < -0.4 is 4.74 Å². The highest BCUT2D eigenvalue weighted by Gasteiger charge is 2.51. The van der Waals surface area contributed by atoms with Gasteiger partial charge in [-0.1, -0.05) is 17.7 Å². The second kappa shape index (κ2) is 6.13. The second-order valence-corrected chi connectivity index (χ2v) is 8.14. The molecule has 3 heterocycles. The van der Waals surface area contributed by atoms with Gasteiger partial charge in [0.2, 0.25) is 0 Å². The smallest absolute Gasteiger partial charge is 0.253 e. The highest BCUT2D eigenvalue weighted by molar-refractivity contribution is 8.01. The predicted molar refractivity (Wildman–Crippen MR) is 95.5 cm³/mol. The van der Waals surface area contributed by atoms with E-state index in [0.717, 1.165) is 36.6 Å². The Bertz CT molecular complexity index is 727. The van der Waals surface area contributed by atoms with E-state index in [1.807, 2.05) is 60.0 Å². The van der Waals surface area contributed by atoms with Crippen molar-refractivity contribution in [2.24, 2.45) is 0 Å². The van der Waals surface area contributed by atoms with Crippen LogP contribution >= 0.6 is 11.8 Å². The Morgan fingerprint density at radius 1 is 1.29 bits per heavy atom. The fourth-order valence-electron chi connectivity index (χ4n) is 3.38. The average molecular weight is 340 g/mol. The van der Waals surface area contributed by atoms with Gasteiger partial charge in [-0.15, -0.1) is 11.8 Å². The first-order valence-corrected chi connectivity index (χ1v) is 9.19. The highest BCUT2D eigenvalue weighted by Crippen LogP contribution is 2.46. The summed E-state index contributed by atoms with van der Waals surface area (Å²) >= 11 is 1.94. The number of amides is 1. The summed E-state index contributed by atoms with van der Waals surface area (Å²) in [4.78, 5) is 18.6. The Hall–Kier alpha value is -2.01. The molecule has 1 spiro atoms. The monoisotopic (exact) mass is 340 g/mol. The molecule has 1 amide bonds. The minimum Gasteiger partial charge on any atom is -0.488 e. The molecule has 1 aromatic heterocycles. The third-order valence-electron chi connectivity index (χ3n) is 4.66. The van der Waals surface area contributed by atoms with Crippen molar-refractivity contribution in [1.82, 2.24) is 9.88 Å². The summed E-state index contributed by atoms with van der Waals surface area (Å²) in [6.45, 7) is 3.67. The lowest BCUT2D eigenvalue weighted by Crippen LogP contribution is -2.60. The Labute approximate surface area is 146 Å². The van der Waals surface area contributed by atoms with E-state index >= 15 is 0 Å². The molecule has 24 heavy (non-hydrogen) atoms. The van der Waals surface area contributed by atoms with E-state index in [9.17, 15) is 4.79 Å². The number of hydrogen-bond donors (Lipinski definition) is 0. The molecule has 0 bridgehead atoms. The summed E-state index contributed by atoms with van der Waals surface area (Å²) < 4.78 is 6.19. The van der Waals surface area contributed by atoms with Crippen molar-refractivity contribution in [3.05, 3.63) is 59.9 Å². The lowest BCUT2D eigenvalue weighted by Gasteiger charge is -2.47. The van der Waals surface area contributed by atoms with Crippen LogP contribution in [0.2, 0.25) is 0 Å². The van der Waals surface area contributed by atoms with E-state index in [0.29, 0.717) is 0 Å². The molecule has 2 saturated heterocycles. The van der Waals surface area contributed by atoms with E-state index in [2.05, 4.69) is 4.98 Å². The van der Waals surface area contributed by atoms with Crippen LogP contribution in [0.3, 0.4) is 0 Å². The maximum absolute atomic E-state index is 12.5. The zero-order valence-electron chi connectivity index (χ0n) is 13.6. The molecule has 2 aromatic rings. The lowest BCUT2D eigenvalue weighted by molar-refractivity contribution is 0.0518. The van der Waals surface area contributed by atoms with E-state index in [4.69, 9.17) is 4.74 Å². The molecule has 2 fully saturated rings. The van der Waals surface area contributed by atoms with E-state index in [1.54, 1.807) is 12.4 Å². The molecular formula is C19H20N2O2S. The van der Waals surface area contributed by atoms with Crippen LogP contribution in [0, 0.1) is 6.92 Å². The standard InChI is InChI=1S/C19H20N2O2S/c1-14-4-6-15(7-5-14)18(22)21-12-19(13-21)9-17(11-24-19)23-16-3-2-8-20-10-16/h2-8,10,17H,9,11-13H2,1H3/t17-/m0/s1. The fourth-order valence-corrected chi connectivity index (χ4v) is 4.90. The molecule has 5 heteroatoms. The predicted octanol–water partition coefficient (Wildman–Crippen LogP) is 3.17. The molecule has 2 aliphatic rings. The van der Waals surface area contributed by atoms with Crippen LogP contribution in [0.15, 0.2) is 48.8 Å². The summed E-state index contributed by atoms with van der Waals surface area (Å²) in [7, 11) is 0. The summed E-state index contributed by atoms with van der Waals surface area (Å²) in [5.41, 5.74) is 1.95. The minimum atomic E-state index is 0.137. The number of carbonyl (C=O) groups excluding carboxylic acids is 1. The SMILES string of the molecule is Cc1ccc(C(=O)N2CC3(C[C@H](Oc4cccnc4)CS3)C2)cc1. The summed E-state index contributed by atoms with van der Waals surface area (Å²) in [5, 5.41) is 0. The first kappa shape index (κ1) is 15.5. The number of carbonyl (C=O) groups is 1. The Morgan fingerprint density at radius 3 is 2.79 bits per heavy atom. The number of ether oxygens (including phenoxy) is 1. The third-order valence-corrected chi connectivity index (χ3v) is 6.23. The highest BCUT2D eigenvalue weighted by atomic mass is 32.2. The number of rotatable bonds is 3. The molecule has 0 unspecified atom stereocenters. The van der Waals surface area contributed by atoms with Gasteiger partial charge in [-0.25, -0.2) is 0 Å². The zero-order valence-corrected chi connectivity index (χ0v) is 14.5. The average Bonchev–Trinajstić information content (AvgIpc) is 2.99. The number of hydrogen-bond acceptors (Lipinski definition) is 4. The fraction of sp³-hybridized carbons (Fsp3) is 0.368. The number of nitrogens with zero attached hydrogens (tertiary/aromatic N) is 2. The van der Waals surface area contributed by atoms with Crippen molar-refractivity contribution in [3.63, 3.8) is 0 Å². The molecule has 4 nitrogen and oxygen atoms in total. The van der Waals surface area contributed by atoms with Crippen LogP contribution in [-0.2, 0) is 0 Å². The van der Waals surface area contributed by atoms with Gasteiger partial charge in [-0.3, -0.25) is 9.78 Å². The van der Waals surface area contributed by atoms with Crippen molar-refractivity contribution in [2.75, 3.05) is 18.8 Å². The van der Waals surface area contributed by atoms with Crippen LogP contribution in [0.5, 0.6) is 5.75 Å². The number of thioether (sulfide) groups is 1. The third kappa shape index (κ3) is 3.00. The van der Waals surface area contributed by atoms with E-state index in [-0.39, 0.29) is 16.8 Å². The van der Waals surface area contributed by atoms with Crippen molar-refractivity contribution < 1.29 is 9.53 Å². The molecule has 0 saturated carbocycles. The normalized spacial score (nSPS) is 21.5. The van der Waals surface area contributed by atoms with Crippen LogP contribution in [-0.4, -0.2) is 45.5 Å². The summed E-state index contributed by atoms with van der Waals surface area (Å²) in [5.74, 6) is 1.94. The first-order chi connectivity index (χ1) is 11.6. The van der Waals surface area contributed by atoms with Gasteiger partial charge in [-0.2, -0.15) is 0 Å². The molecule has 0 aliphatic carbocycles. The number of aromatic nitrogens is 1. The maximum atomic E-state index is 12.5. The number of likely N-dealkylation sites (tertiary alicyclic amines) is 1. The van der Waals surface area contributed by atoms with Gasteiger partial charge in [0.05, 0.1) is 10.9 Å². The summed E-state index contributed by atoms with van der Waals surface area (Å²) in [6.07, 6.45) is 4.70. The van der Waals surface area contributed by atoms with Crippen LogP contribution in [0.25, 0.3) is 0 Å². The van der Waals surface area contributed by atoms with E-state index in [1.165, 1.54) is 5.56 Å². The van der Waals surface area contributed by atoms with Crippen LogP contribution in [0.1, 0.15) is 22.3 Å². The van der Waals surface area contributed by atoms with Gasteiger partial charge in [-0.05, 0) is 31.2 Å². The zero-order chi connectivity index (χ0) is 16.6. The Morgan fingerprint density at radius 2 is 2.08 bits per heavy atom. The number of benzene rings is 1. The molecule has 0 N–H and O–H groups in total. The minimum absolute atomic E-state index is 0.137. The molecule has 2 aliphatic heterocycles. The Kier molecular flexibility index (Phi) is 3.96. The molecule has 1 atom stereocenters. The van der Waals surface area contributed by atoms with Gasteiger partial charge < -0.3 is 9.64 Å². The summed E-state index contributed by atoms with van der Waals surface area (Å²) in [6, 6.07) is 11.6. The first-order valence-electron chi connectivity index (χ1n) is 8.20.